The number of rotatable bonds is 6. The van der Waals surface area contributed by atoms with E-state index < -0.39 is 11.9 Å². The molecule has 0 spiro atoms. The van der Waals surface area contributed by atoms with Gasteiger partial charge < -0.3 is 24.9 Å². The summed E-state index contributed by atoms with van der Waals surface area (Å²) in [4.78, 5) is 27.0. The number of aliphatic carboxylic acids is 1. The lowest BCUT2D eigenvalue weighted by molar-refractivity contribution is -0.144. The van der Waals surface area contributed by atoms with E-state index in [9.17, 15) is 14.7 Å². The molecular weight excluding hydrogens is 324 g/mol. The highest BCUT2D eigenvalue weighted by atomic mass is 16.5. The third-order valence-corrected chi connectivity index (χ3v) is 4.71. The number of carbonyl (C=O) groups is 2. The first-order valence-corrected chi connectivity index (χ1v) is 8.34. The zero-order chi connectivity index (χ0) is 17.8. The van der Waals surface area contributed by atoms with Crippen LogP contribution in [0.3, 0.4) is 0 Å². The summed E-state index contributed by atoms with van der Waals surface area (Å²) < 4.78 is 10.5. The molecule has 0 radical (unpaired) electrons. The van der Waals surface area contributed by atoms with Crippen molar-refractivity contribution in [3.63, 3.8) is 0 Å². The van der Waals surface area contributed by atoms with Gasteiger partial charge in [0.1, 0.15) is 11.4 Å². The molecule has 0 saturated carbocycles. The Bertz CT molecular complexity index is 764. The first-order chi connectivity index (χ1) is 12.1. The molecule has 3 N–H and O–H groups in total. The Balaban J connectivity index is 1.67. The molecule has 3 rings (SSSR count). The summed E-state index contributed by atoms with van der Waals surface area (Å²) in [5, 5.41) is 13.1. The lowest BCUT2D eigenvalue weighted by atomic mass is 9.86. The standard InChI is InChI=1S/C18H22N2O5/c1-24-13-2-3-15-12(8-13)9-16(20-15)17(21)19-10-14(18(22)23)11-4-6-25-7-5-11/h2-3,8-9,11,14,20H,4-7,10H2,1H3,(H,19,21)(H,22,23). The quantitative estimate of drug-likeness (QED) is 0.743. The van der Waals surface area contributed by atoms with E-state index in [0.717, 1.165) is 10.9 Å². The van der Waals surface area contributed by atoms with Crippen LogP contribution in [0.2, 0.25) is 0 Å². The van der Waals surface area contributed by atoms with E-state index in [1.165, 1.54) is 0 Å². The van der Waals surface area contributed by atoms with E-state index in [2.05, 4.69) is 10.3 Å². The number of carbonyl (C=O) groups excluding carboxylic acids is 1. The maximum Gasteiger partial charge on any atom is 0.308 e. The lowest BCUT2D eigenvalue weighted by Gasteiger charge is -2.27. The minimum atomic E-state index is -0.881. The predicted molar refractivity (Wildman–Crippen MR) is 91.9 cm³/mol. The number of amides is 1. The fraction of sp³-hybridized carbons (Fsp3) is 0.444. The second kappa shape index (κ2) is 7.57. The second-order valence-electron chi connectivity index (χ2n) is 6.24. The molecule has 1 aliphatic rings. The Morgan fingerprint density at radius 2 is 2.12 bits per heavy atom. The van der Waals surface area contributed by atoms with Crippen molar-refractivity contribution in [3.8, 4) is 5.75 Å². The largest absolute Gasteiger partial charge is 0.497 e. The van der Waals surface area contributed by atoms with Gasteiger partial charge in [-0.05, 0) is 43.0 Å². The summed E-state index contributed by atoms with van der Waals surface area (Å²) in [6, 6.07) is 7.22. The van der Waals surface area contributed by atoms with Gasteiger partial charge in [-0.2, -0.15) is 0 Å². The average Bonchev–Trinajstić information content (AvgIpc) is 3.05. The van der Waals surface area contributed by atoms with Crippen LogP contribution in [0, 0.1) is 11.8 Å². The third-order valence-electron chi connectivity index (χ3n) is 4.71. The predicted octanol–water partition coefficient (Wildman–Crippen LogP) is 2.03. The number of fused-ring (bicyclic) bond motifs is 1. The molecule has 0 bridgehead atoms. The van der Waals surface area contributed by atoms with Crippen molar-refractivity contribution in [2.75, 3.05) is 26.9 Å². The fourth-order valence-corrected chi connectivity index (χ4v) is 3.23. The fourth-order valence-electron chi connectivity index (χ4n) is 3.23. The molecule has 2 aromatic rings. The van der Waals surface area contributed by atoms with E-state index >= 15 is 0 Å². The molecule has 1 unspecified atom stereocenters. The minimum Gasteiger partial charge on any atom is -0.497 e. The molecular formula is C18H22N2O5. The van der Waals surface area contributed by atoms with Crippen LogP contribution >= 0.6 is 0 Å². The smallest absolute Gasteiger partial charge is 0.308 e. The SMILES string of the molecule is COc1ccc2[nH]c(C(=O)NCC(C(=O)O)C3CCOCC3)cc2c1. The van der Waals surface area contributed by atoms with Crippen LogP contribution in [0.15, 0.2) is 24.3 Å². The Morgan fingerprint density at radius 3 is 2.80 bits per heavy atom. The number of aromatic nitrogens is 1. The third kappa shape index (κ3) is 3.93. The number of nitrogens with one attached hydrogen (secondary N) is 2. The molecule has 1 amide bonds. The van der Waals surface area contributed by atoms with Gasteiger partial charge in [-0.3, -0.25) is 9.59 Å². The molecule has 1 atom stereocenters. The monoisotopic (exact) mass is 346 g/mol. The van der Waals surface area contributed by atoms with Gasteiger partial charge in [-0.25, -0.2) is 0 Å². The summed E-state index contributed by atoms with van der Waals surface area (Å²) in [6.07, 6.45) is 1.41. The Morgan fingerprint density at radius 1 is 1.36 bits per heavy atom. The maximum absolute atomic E-state index is 12.4. The number of methoxy groups -OCH3 is 1. The van der Waals surface area contributed by atoms with Crippen LogP contribution < -0.4 is 10.1 Å². The van der Waals surface area contributed by atoms with Crippen molar-refractivity contribution >= 4 is 22.8 Å². The molecule has 1 fully saturated rings. The zero-order valence-electron chi connectivity index (χ0n) is 14.1. The van der Waals surface area contributed by atoms with Gasteiger partial charge in [0, 0.05) is 30.7 Å². The number of carboxylic acids is 1. The van der Waals surface area contributed by atoms with Gasteiger partial charge >= 0.3 is 5.97 Å². The second-order valence-corrected chi connectivity index (χ2v) is 6.24. The van der Waals surface area contributed by atoms with E-state index in [1.54, 1.807) is 13.2 Å². The van der Waals surface area contributed by atoms with Crippen LogP contribution in [-0.2, 0) is 9.53 Å². The van der Waals surface area contributed by atoms with Crippen molar-refractivity contribution in [1.29, 1.82) is 0 Å². The minimum absolute atomic E-state index is 0.0264. The molecule has 1 aliphatic heterocycles. The van der Waals surface area contributed by atoms with Crippen molar-refractivity contribution in [2.45, 2.75) is 12.8 Å². The van der Waals surface area contributed by atoms with Crippen molar-refractivity contribution in [1.82, 2.24) is 10.3 Å². The maximum atomic E-state index is 12.4. The normalized spacial score (nSPS) is 16.5. The van der Waals surface area contributed by atoms with Gasteiger partial charge in [-0.1, -0.05) is 0 Å². The lowest BCUT2D eigenvalue weighted by Crippen LogP contribution is -2.39. The first-order valence-electron chi connectivity index (χ1n) is 8.34. The van der Waals surface area contributed by atoms with Crippen molar-refractivity contribution < 1.29 is 24.2 Å². The van der Waals surface area contributed by atoms with E-state index in [-0.39, 0.29) is 18.4 Å². The first kappa shape index (κ1) is 17.3. The summed E-state index contributed by atoms with van der Waals surface area (Å²) in [5.74, 6) is -1.05. The molecule has 1 aromatic carbocycles. The van der Waals surface area contributed by atoms with Crippen LogP contribution in [0.4, 0.5) is 0 Å². The molecule has 7 nitrogen and oxygen atoms in total. The van der Waals surface area contributed by atoms with Crippen LogP contribution in [-0.4, -0.2) is 48.8 Å². The number of hydrogen-bond donors (Lipinski definition) is 3. The number of hydrogen-bond acceptors (Lipinski definition) is 4. The molecule has 25 heavy (non-hydrogen) atoms. The van der Waals surface area contributed by atoms with E-state index in [4.69, 9.17) is 9.47 Å². The van der Waals surface area contributed by atoms with Gasteiger partial charge in [-0.15, -0.1) is 0 Å². The van der Waals surface area contributed by atoms with Crippen molar-refractivity contribution in [3.05, 3.63) is 30.0 Å². The number of ether oxygens (including phenoxy) is 2. The Kier molecular flexibility index (Phi) is 5.23. The number of benzene rings is 1. The van der Waals surface area contributed by atoms with Gasteiger partial charge in [0.2, 0.25) is 0 Å². The van der Waals surface area contributed by atoms with E-state index in [0.29, 0.717) is 37.5 Å². The molecule has 7 heteroatoms. The number of carboxylic acid groups (broad SMARTS) is 1. The molecule has 134 valence electrons. The van der Waals surface area contributed by atoms with Crippen LogP contribution in [0.1, 0.15) is 23.3 Å². The molecule has 1 aromatic heterocycles. The number of H-pyrrole nitrogens is 1. The highest BCUT2D eigenvalue weighted by Crippen LogP contribution is 2.24. The molecule has 0 aliphatic carbocycles. The summed E-state index contributed by atoms with van der Waals surface area (Å²) in [6.45, 7) is 1.26. The highest BCUT2D eigenvalue weighted by Gasteiger charge is 2.30. The van der Waals surface area contributed by atoms with Crippen LogP contribution in [0.25, 0.3) is 10.9 Å². The topological polar surface area (TPSA) is 101 Å². The molecule has 1 saturated heterocycles. The summed E-state index contributed by atoms with van der Waals surface area (Å²) in [5.41, 5.74) is 1.23. The van der Waals surface area contributed by atoms with Gasteiger partial charge in [0.15, 0.2) is 0 Å². The Labute approximate surface area is 145 Å². The van der Waals surface area contributed by atoms with Crippen LogP contribution in [0.5, 0.6) is 5.75 Å². The Hall–Kier alpha value is -2.54. The average molecular weight is 346 g/mol. The highest BCUT2D eigenvalue weighted by molar-refractivity contribution is 5.98. The van der Waals surface area contributed by atoms with Crippen molar-refractivity contribution in [2.24, 2.45) is 11.8 Å². The number of aromatic amines is 1. The van der Waals surface area contributed by atoms with E-state index in [1.807, 2.05) is 18.2 Å². The van der Waals surface area contributed by atoms with Gasteiger partial charge in [0.05, 0.1) is 13.0 Å². The summed E-state index contributed by atoms with van der Waals surface area (Å²) in [7, 11) is 1.59. The summed E-state index contributed by atoms with van der Waals surface area (Å²) >= 11 is 0. The zero-order valence-corrected chi connectivity index (χ0v) is 14.1. The molecule has 2 heterocycles. The van der Waals surface area contributed by atoms with Gasteiger partial charge in [0.25, 0.3) is 5.91 Å².